The van der Waals surface area contributed by atoms with Crippen LogP contribution in [0.15, 0.2) is 77.9 Å². The number of fused-ring (bicyclic) bond motifs is 1. The Kier molecular flexibility index (Phi) is 10.0. The molecule has 1 aliphatic heterocycles. The molecule has 7 heteroatoms. The van der Waals surface area contributed by atoms with Crippen LogP contribution in [0.4, 0.5) is 14.9 Å². The zero-order chi connectivity index (χ0) is 29.7. The summed E-state index contributed by atoms with van der Waals surface area (Å²) in [5.41, 5.74) is 4.35. The average Bonchev–Trinajstić information content (AvgIpc) is 3.12. The van der Waals surface area contributed by atoms with Crippen molar-refractivity contribution in [3.05, 3.63) is 89.3 Å². The lowest BCUT2D eigenvalue weighted by Crippen LogP contribution is -2.42. The lowest BCUT2D eigenvalue weighted by atomic mass is 9.77. The van der Waals surface area contributed by atoms with Crippen LogP contribution in [-0.4, -0.2) is 54.7 Å². The quantitative estimate of drug-likeness (QED) is 0.238. The maximum absolute atomic E-state index is 14.2. The van der Waals surface area contributed by atoms with Crippen LogP contribution in [0.25, 0.3) is 0 Å². The van der Waals surface area contributed by atoms with E-state index in [9.17, 15) is 14.0 Å². The summed E-state index contributed by atoms with van der Waals surface area (Å²) in [7, 11) is 3.15. The minimum Gasteiger partial charge on any atom is -0.316 e. The van der Waals surface area contributed by atoms with Crippen LogP contribution in [0.3, 0.4) is 0 Å². The summed E-state index contributed by atoms with van der Waals surface area (Å²) in [5.74, 6) is -0.702. The van der Waals surface area contributed by atoms with Crippen molar-refractivity contribution in [2.45, 2.75) is 71.4 Å². The Balaban J connectivity index is 1.76. The molecule has 0 N–H and O–H groups in total. The summed E-state index contributed by atoms with van der Waals surface area (Å²) in [6.45, 7) is 8.91. The Labute approximate surface area is 244 Å². The van der Waals surface area contributed by atoms with Gasteiger partial charge in [-0.05, 0) is 88.1 Å². The van der Waals surface area contributed by atoms with Crippen molar-refractivity contribution in [1.82, 2.24) is 9.96 Å². The molecule has 3 amide bonds. The van der Waals surface area contributed by atoms with Gasteiger partial charge < -0.3 is 4.90 Å². The first-order valence-corrected chi connectivity index (χ1v) is 14.6. The maximum Gasteiger partial charge on any atom is 0.325 e. The van der Waals surface area contributed by atoms with Crippen LogP contribution in [0.5, 0.6) is 0 Å². The number of benzene rings is 2. The van der Waals surface area contributed by atoms with E-state index >= 15 is 0 Å². The number of carbonyl (C=O) groups excluding carboxylic acids is 2. The highest BCUT2D eigenvalue weighted by molar-refractivity contribution is 5.96. The number of hydrogen-bond acceptors (Lipinski definition) is 3. The molecule has 2 fully saturated rings. The first-order valence-electron chi connectivity index (χ1n) is 14.6. The number of carbonyl (C=O) groups is 2. The second-order valence-corrected chi connectivity index (χ2v) is 11.8. The third-order valence-electron chi connectivity index (χ3n) is 8.85. The Bertz CT molecular complexity index is 1260. The Morgan fingerprint density at radius 1 is 1.02 bits per heavy atom. The van der Waals surface area contributed by atoms with Gasteiger partial charge in [0.25, 0.3) is 0 Å². The molecule has 2 aromatic rings. The SMILES string of the molecule is CON(C)C(=O)[C@H]1C[C@@H]2[C@H](C[C@@H](c3ccccc3)[C@H]1C)N(c1ccc(F)cc1)C(=O)N2C/C=C(\C)CCC=C(C)C. The van der Waals surface area contributed by atoms with Gasteiger partial charge in [0.15, 0.2) is 0 Å². The van der Waals surface area contributed by atoms with Gasteiger partial charge in [-0.25, -0.2) is 14.2 Å². The molecule has 2 aliphatic rings. The minimum atomic E-state index is -0.341. The molecule has 5 atom stereocenters. The van der Waals surface area contributed by atoms with E-state index in [-0.39, 0.29) is 47.6 Å². The lowest BCUT2D eigenvalue weighted by Gasteiger charge is -2.32. The summed E-state index contributed by atoms with van der Waals surface area (Å²) in [5, 5.41) is 1.32. The van der Waals surface area contributed by atoms with Gasteiger partial charge in [-0.15, -0.1) is 0 Å². The predicted molar refractivity (Wildman–Crippen MR) is 162 cm³/mol. The number of anilines is 1. The van der Waals surface area contributed by atoms with Gasteiger partial charge in [-0.1, -0.05) is 60.6 Å². The van der Waals surface area contributed by atoms with Crippen molar-refractivity contribution in [3.8, 4) is 0 Å². The monoisotopic (exact) mass is 561 g/mol. The van der Waals surface area contributed by atoms with E-state index in [0.717, 1.165) is 18.4 Å². The molecule has 1 heterocycles. The largest absolute Gasteiger partial charge is 0.325 e. The number of amides is 3. The van der Waals surface area contributed by atoms with Gasteiger partial charge in [0.05, 0.1) is 19.2 Å². The number of hydrogen-bond donors (Lipinski definition) is 0. The summed E-state index contributed by atoms with van der Waals surface area (Å²) < 4.78 is 13.9. The molecule has 1 aliphatic carbocycles. The molecular weight excluding hydrogens is 517 g/mol. The molecule has 0 unspecified atom stereocenters. The minimum absolute atomic E-state index is 0.0152. The van der Waals surface area contributed by atoms with Crippen molar-refractivity contribution in [2.75, 3.05) is 25.6 Å². The van der Waals surface area contributed by atoms with Crippen LogP contribution >= 0.6 is 0 Å². The summed E-state index contributed by atoms with van der Waals surface area (Å²) in [4.78, 5) is 37.0. The highest BCUT2D eigenvalue weighted by atomic mass is 19.1. The van der Waals surface area contributed by atoms with Crippen molar-refractivity contribution >= 4 is 17.6 Å². The van der Waals surface area contributed by atoms with Crippen LogP contribution in [-0.2, 0) is 9.63 Å². The number of hydroxylamine groups is 2. The van der Waals surface area contributed by atoms with Crippen LogP contribution in [0.2, 0.25) is 0 Å². The van der Waals surface area contributed by atoms with Gasteiger partial charge >= 0.3 is 6.03 Å². The van der Waals surface area contributed by atoms with E-state index in [1.54, 1.807) is 19.2 Å². The fourth-order valence-corrected chi connectivity index (χ4v) is 6.43. The van der Waals surface area contributed by atoms with E-state index in [1.807, 2.05) is 28.0 Å². The molecule has 0 radical (unpaired) electrons. The van der Waals surface area contributed by atoms with E-state index in [4.69, 9.17) is 4.84 Å². The molecule has 2 aromatic carbocycles. The molecular formula is C34H44FN3O3. The molecule has 1 saturated heterocycles. The summed E-state index contributed by atoms with van der Waals surface area (Å²) in [6, 6.07) is 16.0. The fourth-order valence-electron chi connectivity index (χ4n) is 6.43. The highest BCUT2D eigenvalue weighted by Gasteiger charge is 2.52. The summed E-state index contributed by atoms with van der Waals surface area (Å²) in [6.07, 6.45) is 7.47. The Morgan fingerprint density at radius 3 is 2.34 bits per heavy atom. The molecule has 6 nitrogen and oxygen atoms in total. The Morgan fingerprint density at radius 2 is 1.71 bits per heavy atom. The van der Waals surface area contributed by atoms with E-state index < -0.39 is 0 Å². The number of allylic oxidation sites excluding steroid dienone is 3. The standard InChI is InChI=1S/C34H44FN3O3/c1-23(2)11-10-12-24(3)19-20-37-31-22-30(33(39)36(5)41-6)25(4)29(26-13-8-7-9-14-26)21-32(31)38(34(37)40)28-17-15-27(35)16-18-28/h7-9,11,13-19,25,29-32H,10,12,20-22H2,1-6H3/b24-19+/t25-,29-,30+,31-,32+/m1/s1. The fraction of sp³-hybridized carbons (Fsp3) is 0.471. The number of halogens is 1. The lowest BCUT2D eigenvalue weighted by molar-refractivity contribution is -0.175. The van der Waals surface area contributed by atoms with Gasteiger partial charge in [0.1, 0.15) is 5.82 Å². The topological polar surface area (TPSA) is 53.1 Å². The predicted octanol–water partition coefficient (Wildman–Crippen LogP) is 7.35. The van der Waals surface area contributed by atoms with E-state index in [0.29, 0.717) is 25.1 Å². The Hall–Kier alpha value is -3.45. The first-order chi connectivity index (χ1) is 19.6. The molecule has 0 aromatic heterocycles. The van der Waals surface area contributed by atoms with Crippen molar-refractivity contribution in [3.63, 3.8) is 0 Å². The number of urea groups is 1. The normalized spacial score (nSPS) is 24.6. The van der Waals surface area contributed by atoms with E-state index in [2.05, 4.69) is 52.0 Å². The number of nitrogens with zero attached hydrogens (tertiary/aromatic N) is 3. The third-order valence-corrected chi connectivity index (χ3v) is 8.85. The summed E-state index contributed by atoms with van der Waals surface area (Å²) >= 11 is 0. The molecule has 0 bridgehead atoms. The second kappa shape index (κ2) is 13.5. The molecule has 220 valence electrons. The third kappa shape index (κ3) is 6.89. The average molecular weight is 562 g/mol. The first kappa shape index (κ1) is 30.5. The molecule has 41 heavy (non-hydrogen) atoms. The van der Waals surface area contributed by atoms with Crippen LogP contribution in [0.1, 0.15) is 64.9 Å². The smallest absolute Gasteiger partial charge is 0.316 e. The van der Waals surface area contributed by atoms with E-state index in [1.165, 1.54) is 35.5 Å². The van der Waals surface area contributed by atoms with Crippen LogP contribution in [0, 0.1) is 17.7 Å². The zero-order valence-electron chi connectivity index (χ0n) is 25.2. The van der Waals surface area contributed by atoms with Crippen molar-refractivity contribution < 1.29 is 18.8 Å². The maximum atomic E-state index is 14.2. The molecule has 1 saturated carbocycles. The highest BCUT2D eigenvalue weighted by Crippen LogP contribution is 2.46. The van der Waals surface area contributed by atoms with Crippen molar-refractivity contribution in [2.24, 2.45) is 11.8 Å². The zero-order valence-corrected chi connectivity index (χ0v) is 25.2. The number of rotatable bonds is 9. The van der Waals surface area contributed by atoms with Gasteiger partial charge in [-0.3, -0.25) is 14.5 Å². The van der Waals surface area contributed by atoms with Gasteiger partial charge in [0.2, 0.25) is 5.91 Å². The van der Waals surface area contributed by atoms with Crippen molar-refractivity contribution in [1.29, 1.82) is 0 Å². The van der Waals surface area contributed by atoms with Gasteiger partial charge in [0, 0.05) is 25.2 Å². The van der Waals surface area contributed by atoms with Crippen LogP contribution < -0.4 is 4.90 Å². The van der Waals surface area contributed by atoms with Gasteiger partial charge in [-0.2, -0.15) is 0 Å². The molecule has 0 spiro atoms. The second-order valence-electron chi connectivity index (χ2n) is 11.8. The molecule has 4 rings (SSSR count).